The molecule has 1 aliphatic heterocycles. The van der Waals surface area contributed by atoms with Crippen LogP contribution < -0.4 is 0 Å². The summed E-state index contributed by atoms with van der Waals surface area (Å²) in [5.41, 5.74) is 0. The Morgan fingerprint density at radius 1 is 1.43 bits per heavy atom. The number of piperidine rings is 1. The first kappa shape index (κ1) is 11.5. The number of hydrogen-bond acceptors (Lipinski definition) is 2. The molecule has 1 rings (SSSR count). The molecule has 1 saturated heterocycles. The maximum absolute atomic E-state index is 8.72. The molecule has 0 N–H and O–H groups in total. The molecule has 1 heterocycles. The first-order chi connectivity index (χ1) is 6.76. The van der Waals surface area contributed by atoms with E-state index in [2.05, 4.69) is 17.9 Å². The molecule has 0 bridgehead atoms. The van der Waals surface area contributed by atoms with E-state index in [-0.39, 0.29) is 5.92 Å². The molecule has 0 aromatic carbocycles. The summed E-state index contributed by atoms with van der Waals surface area (Å²) in [6.07, 6.45) is 5.39. The van der Waals surface area contributed by atoms with E-state index in [1.54, 1.807) is 0 Å². The molecule has 0 radical (unpaired) electrons. The molecule has 0 amide bonds. The number of hydrogen-bond donors (Lipinski definition) is 0. The Morgan fingerprint density at radius 3 is 2.57 bits per heavy atom. The van der Waals surface area contributed by atoms with Crippen molar-refractivity contribution in [3.63, 3.8) is 0 Å². The van der Waals surface area contributed by atoms with Crippen molar-refractivity contribution in [1.29, 1.82) is 5.26 Å². The number of nitrogens with zero attached hydrogens (tertiary/aromatic N) is 2. The van der Waals surface area contributed by atoms with Gasteiger partial charge in [0.2, 0.25) is 0 Å². The van der Waals surface area contributed by atoms with E-state index in [9.17, 15) is 0 Å². The fourth-order valence-corrected chi connectivity index (χ4v) is 2.29. The van der Waals surface area contributed by atoms with Crippen LogP contribution in [0.25, 0.3) is 0 Å². The summed E-state index contributed by atoms with van der Waals surface area (Å²) in [6, 6.07) is 2.31. The minimum Gasteiger partial charge on any atom is -0.302 e. The molecule has 1 unspecified atom stereocenters. The maximum Gasteiger partial charge on any atom is 0.0666 e. The van der Waals surface area contributed by atoms with E-state index in [4.69, 9.17) is 5.26 Å². The van der Waals surface area contributed by atoms with Gasteiger partial charge >= 0.3 is 0 Å². The highest BCUT2D eigenvalue weighted by Gasteiger charge is 2.19. The Kier molecular flexibility index (Phi) is 4.97. The van der Waals surface area contributed by atoms with Crippen molar-refractivity contribution in [3.05, 3.63) is 0 Å². The second kappa shape index (κ2) is 6.03. The summed E-state index contributed by atoms with van der Waals surface area (Å²) < 4.78 is 0. The summed E-state index contributed by atoms with van der Waals surface area (Å²) >= 11 is 0. The van der Waals surface area contributed by atoms with Gasteiger partial charge in [-0.05, 0) is 38.8 Å². The zero-order valence-electron chi connectivity index (χ0n) is 9.50. The standard InChI is InChI=1S/C12H22N2/c1-3-4-12-5-7-14(8-6-12)10-11(2)9-13/h11-12H,3-8,10H2,1-2H3. The average Bonchev–Trinajstić information content (AvgIpc) is 2.21. The Hall–Kier alpha value is -0.550. The van der Waals surface area contributed by atoms with Gasteiger partial charge in [-0.2, -0.15) is 5.26 Å². The highest BCUT2D eigenvalue weighted by molar-refractivity contribution is 4.83. The Morgan fingerprint density at radius 2 is 2.07 bits per heavy atom. The van der Waals surface area contributed by atoms with Gasteiger partial charge in [-0.3, -0.25) is 0 Å². The molecule has 0 spiro atoms. The number of nitriles is 1. The molecule has 1 fully saturated rings. The highest BCUT2D eigenvalue weighted by atomic mass is 15.1. The third-order valence-corrected chi connectivity index (χ3v) is 3.16. The van der Waals surface area contributed by atoms with Crippen molar-refractivity contribution in [2.24, 2.45) is 11.8 Å². The molecule has 1 aliphatic rings. The fourth-order valence-electron chi connectivity index (χ4n) is 2.29. The summed E-state index contributed by atoms with van der Waals surface area (Å²) in [7, 11) is 0. The average molecular weight is 194 g/mol. The molecule has 0 aliphatic carbocycles. The van der Waals surface area contributed by atoms with Gasteiger partial charge in [0.15, 0.2) is 0 Å². The number of likely N-dealkylation sites (tertiary alicyclic amines) is 1. The Labute approximate surface area is 87.9 Å². The lowest BCUT2D eigenvalue weighted by molar-refractivity contribution is 0.169. The lowest BCUT2D eigenvalue weighted by Crippen LogP contribution is -2.36. The van der Waals surface area contributed by atoms with Gasteiger partial charge in [0.1, 0.15) is 0 Å². The minimum atomic E-state index is 0.192. The molecule has 2 heteroatoms. The van der Waals surface area contributed by atoms with Crippen molar-refractivity contribution >= 4 is 0 Å². The molecular weight excluding hydrogens is 172 g/mol. The van der Waals surface area contributed by atoms with Crippen LogP contribution in [0.2, 0.25) is 0 Å². The van der Waals surface area contributed by atoms with Gasteiger partial charge in [0.25, 0.3) is 0 Å². The van der Waals surface area contributed by atoms with Crippen LogP contribution in [0.3, 0.4) is 0 Å². The molecule has 0 aromatic heterocycles. The molecular formula is C12H22N2. The first-order valence-corrected chi connectivity index (χ1v) is 5.88. The molecule has 0 saturated carbocycles. The van der Waals surface area contributed by atoms with E-state index >= 15 is 0 Å². The van der Waals surface area contributed by atoms with Crippen molar-refractivity contribution < 1.29 is 0 Å². The van der Waals surface area contributed by atoms with E-state index < -0.39 is 0 Å². The van der Waals surface area contributed by atoms with Crippen LogP contribution in [0.15, 0.2) is 0 Å². The van der Waals surface area contributed by atoms with Crippen LogP contribution in [0.1, 0.15) is 39.5 Å². The van der Waals surface area contributed by atoms with Crippen LogP contribution in [-0.2, 0) is 0 Å². The monoisotopic (exact) mass is 194 g/mol. The van der Waals surface area contributed by atoms with Crippen molar-refractivity contribution in [2.45, 2.75) is 39.5 Å². The molecule has 1 atom stereocenters. The molecule has 0 aromatic rings. The maximum atomic E-state index is 8.72. The summed E-state index contributed by atoms with van der Waals surface area (Å²) in [5, 5.41) is 8.72. The quantitative estimate of drug-likeness (QED) is 0.688. The SMILES string of the molecule is CCCC1CCN(CC(C)C#N)CC1. The first-order valence-electron chi connectivity index (χ1n) is 5.88. The molecule has 14 heavy (non-hydrogen) atoms. The summed E-state index contributed by atoms with van der Waals surface area (Å²) in [5.74, 6) is 1.14. The van der Waals surface area contributed by atoms with Gasteiger partial charge in [-0.15, -0.1) is 0 Å². The number of rotatable bonds is 4. The van der Waals surface area contributed by atoms with Crippen LogP contribution in [0.5, 0.6) is 0 Å². The van der Waals surface area contributed by atoms with Gasteiger partial charge in [-0.25, -0.2) is 0 Å². The zero-order valence-corrected chi connectivity index (χ0v) is 9.50. The van der Waals surface area contributed by atoms with E-state index in [1.165, 1.54) is 38.8 Å². The van der Waals surface area contributed by atoms with E-state index in [1.807, 2.05) is 6.92 Å². The topological polar surface area (TPSA) is 27.0 Å². The second-order valence-corrected chi connectivity index (χ2v) is 4.56. The summed E-state index contributed by atoms with van der Waals surface area (Å²) in [6.45, 7) is 7.66. The highest BCUT2D eigenvalue weighted by Crippen LogP contribution is 2.21. The van der Waals surface area contributed by atoms with Crippen molar-refractivity contribution in [1.82, 2.24) is 4.90 Å². The van der Waals surface area contributed by atoms with E-state index in [0.717, 1.165) is 12.5 Å². The van der Waals surface area contributed by atoms with Gasteiger partial charge in [-0.1, -0.05) is 19.8 Å². The molecule has 80 valence electrons. The molecule has 2 nitrogen and oxygen atoms in total. The van der Waals surface area contributed by atoms with Crippen LogP contribution in [0, 0.1) is 23.2 Å². The minimum absolute atomic E-state index is 0.192. The Balaban J connectivity index is 2.19. The van der Waals surface area contributed by atoms with Crippen LogP contribution >= 0.6 is 0 Å². The van der Waals surface area contributed by atoms with Crippen molar-refractivity contribution in [3.8, 4) is 6.07 Å². The third-order valence-electron chi connectivity index (χ3n) is 3.16. The normalized spacial score (nSPS) is 21.8. The lowest BCUT2D eigenvalue weighted by Gasteiger charge is -2.32. The summed E-state index contributed by atoms with van der Waals surface area (Å²) in [4.78, 5) is 2.44. The fraction of sp³-hybridized carbons (Fsp3) is 0.917. The van der Waals surface area contributed by atoms with Crippen molar-refractivity contribution in [2.75, 3.05) is 19.6 Å². The van der Waals surface area contributed by atoms with Crippen LogP contribution in [-0.4, -0.2) is 24.5 Å². The van der Waals surface area contributed by atoms with Gasteiger partial charge < -0.3 is 4.90 Å². The second-order valence-electron chi connectivity index (χ2n) is 4.56. The largest absolute Gasteiger partial charge is 0.302 e. The predicted molar refractivity (Wildman–Crippen MR) is 58.8 cm³/mol. The van der Waals surface area contributed by atoms with Gasteiger partial charge in [0.05, 0.1) is 12.0 Å². The predicted octanol–water partition coefficient (Wildman–Crippen LogP) is 2.66. The third kappa shape index (κ3) is 3.67. The van der Waals surface area contributed by atoms with E-state index in [0.29, 0.717) is 0 Å². The Bertz CT molecular complexity index is 187. The van der Waals surface area contributed by atoms with Gasteiger partial charge in [0, 0.05) is 6.54 Å². The lowest BCUT2D eigenvalue weighted by atomic mass is 9.92. The smallest absolute Gasteiger partial charge is 0.0666 e. The zero-order chi connectivity index (χ0) is 10.4. The van der Waals surface area contributed by atoms with Crippen LogP contribution in [0.4, 0.5) is 0 Å².